The highest BCUT2D eigenvalue weighted by Gasteiger charge is 2.17. The topological polar surface area (TPSA) is 29.1 Å². The highest BCUT2D eigenvalue weighted by atomic mass is 35.5. The molecule has 0 radical (unpaired) electrons. The second-order valence-electron chi connectivity index (χ2n) is 5.47. The number of hydrogen-bond donors (Lipinski definition) is 1. The molecule has 1 rings (SSSR count). The molecule has 0 spiro atoms. The van der Waals surface area contributed by atoms with Crippen molar-refractivity contribution in [3.8, 4) is 0 Å². The molecule has 0 aliphatic carbocycles. The third kappa shape index (κ3) is 6.69. The number of halogens is 1. The molecule has 0 saturated carbocycles. The highest BCUT2D eigenvalue weighted by Crippen LogP contribution is 2.23. The van der Waals surface area contributed by atoms with Crippen molar-refractivity contribution in [2.45, 2.75) is 39.0 Å². The van der Waals surface area contributed by atoms with E-state index in [4.69, 9.17) is 11.6 Å². The van der Waals surface area contributed by atoms with Crippen molar-refractivity contribution in [1.29, 1.82) is 0 Å². The van der Waals surface area contributed by atoms with Gasteiger partial charge in [-0.05, 0) is 34.2 Å². The molecule has 1 unspecified atom stereocenters. The number of carbonyl (C=O) groups is 1. The predicted molar refractivity (Wildman–Crippen MR) is 74.7 cm³/mol. The summed E-state index contributed by atoms with van der Waals surface area (Å²) in [5.41, 5.74) is 1.26. The van der Waals surface area contributed by atoms with Gasteiger partial charge in [0.15, 0.2) is 0 Å². The number of carbonyl (C=O) groups excluding carboxylic acids is 1. The standard InChI is InChI=1S/C13H20ClNOS/c1-13(2,3)7-11(14)8-15-12(16)6-10-4-5-17-9-10/h4-5,9,11H,6-8H2,1-3H3,(H,15,16). The molecular formula is C13H20ClNOS. The second-order valence-corrected chi connectivity index (χ2v) is 6.87. The largest absolute Gasteiger partial charge is 0.354 e. The van der Waals surface area contributed by atoms with Crippen LogP contribution in [-0.2, 0) is 11.2 Å². The molecule has 1 heterocycles. The van der Waals surface area contributed by atoms with Crippen LogP contribution in [-0.4, -0.2) is 17.8 Å². The first kappa shape index (κ1) is 14.5. The van der Waals surface area contributed by atoms with E-state index in [2.05, 4.69) is 26.1 Å². The molecule has 0 aliphatic heterocycles. The summed E-state index contributed by atoms with van der Waals surface area (Å²) in [7, 11) is 0. The average molecular weight is 274 g/mol. The lowest BCUT2D eigenvalue weighted by Crippen LogP contribution is -2.32. The summed E-state index contributed by atoms with van der Waals surface area (Å²) in [6.07, 6.45) is 1.34. The van der Waals surface area contributed by atoms with Crippen molar-refractivity contribution in [2.24, 2.45) is 5.41 Å². The lowest BCUT2D eigenvalue weighted by molar-refractivity contribution is -0.120. The fourth-order valence-electron chi connectivity index (χ4n) is 1.60. The Labute approximate surface area is 112 Å². The summed E-state index contributed by atoms with van der Waals surface area (Å²) < 4.78 is 0. The first-order chi connectivity index (χ1) is 7.87. The van der Waals surface area contributed by atoms with Crippen LogP contribution >= 0.6 is 22.9 Å². The monoisotopic (exact) mass is 273 g/mol. The molecule has 1 amide bonds. The maximum atomic E-state index is 11.6. The van der Waals surface area contributed by atoms with Gasteiger partial charge in [-0.2, -0.15) is 11.3 Å². The van der Waals surface area contributed by atoms with Crippen molar-refractivity contribution in [2.75, 3.05) is 6.54 Å². The van der Waals surface area contributed by atoms with E-state index in [1.54, 1.807) is 11.3 Å². The SMILES string of the molecule is CC(C)(C)CC(Cl)CNC(=O)Cc1ccsc1. The highest BCUT2D eigenvalue weighted by molar-refractivity contribution is 7.07. The molecule has 0 fully saturated rings. The smallest absolute Gasteiger partial charge is 0.224 e. The molecule has 0 saturated heterocycles. The number of thiophene rings is 1. The molecular weight excluding hydrogens is 254 g/mol. The minimum absolute atomic E-state index is 0.00132. The minimum Gasteiger partial charge on any atom is -0.354 e. The van der Waals surface area contributed by atoms with Gasteiger partial charge < -0.3 is 5.32 Å². The van der Waals surface area contributed by atoms with E-state index in [0.717, 1.165) is 12.0 Å². The molecule has 0 bridgehead atoms. The Bertz CT molecular complexity index is 343. The summed E-state index contributed by atoms with van der Waals surface area (Å²) in [6.45, 7) is 6.99. The zero-order valence-electron chi connectivity index (χ0n) is 10.6. The maximum Gasteiger partial charge on any atom is 0.224 e. The number of amides is 1. The number of alkyl halides is 1. The van der Waals surface area contributed by atoms with Gasteiger partial charge in [0, 0.05) is 6.54 Å². The Hall–Kier alpha value is -0.540. The van der Waals surface area contributed by atoms with Crippen molar-refractivity contribution < 1.29 is 4.79 Å². The van der Waals surface area contributed by atoms with Gasteiger partial charge in [-0.25, -0.2) is 0 Å². The lowest BCUT2D eigenvalue weighted by atomic mass is 9.90. The van der Waals surface area contributed by atoms with Crippen molar-refractivity contribution in [1.82, 2.24) is 5.32 Å². The lowest BCUT2D eigenvalue weighted by Gasteiger charge is -2.21. The summed E-state index contributed by atoms with van der Waals surface area (Å²) in [5.74, 6) is 0.0444. The fraction of sp³-hybridized carbons (Fsp3) is 0.615. The van der Waals surface area contributed by atoms with Crippen molar-refractivity contribution >= 4 is 28.8 Å². The molecule has 2 nitrogen and oxygen atoms in total. The van der Waals surface area contributed by atoms with Gasteiger partial charge in [0.25, 0.3) is 0 Å². The number of nitrogens with one attached hydrogen (secondary N) is 1. The fourth-order valence-corrected chi connectivity index (χ4v) is 2.81. The third-order valence-corrected chi connectivity index (χ3v) is 3.34. The summed E-state index contributed by atoms with van der Waals surface area (Å²) in [5, 5.41) is 6.85. The van der Waals surface area contributed by atoms with E-state index in [9.17, 15) is 4.79 Å². The Morgan fingerprint density at radius 3 is 2.76 bits per heavy atom. The van der Waals surface area contributed by atoms with Crippen LogP contribution in [0.2, 0.25) is 0 Å². The zero-order valence-corrected chi connectivity index (χ0v) is 12.2. The molecule has 0 aromatic carbocycles. The van der Waals surface area contributed by atoms with Crippen LogP contribution in [0.1, 0.15) is 32.8 Å². The van der Waals surface area contributed by atoms with Crippen LogP contribution in [0.3, 0.4) is 0 Å². The van der Waals surface area contributed by atoms with E-state index < -0.39 is 0 Å². The van der Waals surface area contributed by atoms with Gasteiger partial charge >= 0.3 is 0 Å². The third-order valence-electron chi connectivity index (χ3n) is 2.30. The normalized spacial score (nSPS) is 13.4. The maximum absolute atomic E-state index is 11.6. The van der Waals surface area contributed by atoms with Crippen LogP contribution in [0.15, 0.2) is 16.8 Å². The van der Waals surface area contributed by atoms with Crippen molar-refractivity contribution in [3.63, 3.8) is 0 Å². The number of hydrogen-bond acceptors (Lipinski definition) is 2. The van der Waals surface area contributed by atoms with Crippen LogP contribution in [0, 0.1) is 5.41 Å². The minimum atomic E-state index is 0.00132. The van der Waals surface area contributed by atoms with Crippen LogP contribution < -0.4 is 5.32 Å². The Kier molecular flexibility index (Phi) is 5.47. The molecule has 0 aliphatic rings. The van der Waals surface area contributed by atoms with E-state index in [-0.39, 0.29) is 16.7 Å². The van der Waals surface area contributed by atoms with Gasteiger partial charge in [-0.15, -0.1) is 11.6 Å². The van der Waals surface area contributed by atoms with E-state index in [1.807, 2.05) is 16.8 Å². The molecule has 17 heavy (non-hydrogen) atoms. The van der Waals surface area contributed by atoms with Gasteiger partial charge in [-0.1, -0.05) is 20.8 Å². The zero-order chi connectivity index (χ0) is 12.9. The summed E-state index contributed by atoms with van der Waals surface area (Å²) in [4.78, 5) is 11.6. The first-order valence-electron chi connectivity index (χ1n) is 5.79. The Morgan fingerprint density at radius 2 is 2.24 bits per heavy atom. The van der Waals surface area contributed by atoms with E-state index in [1.165, 1.54) is 0 Å². The molecule has 1 atom stereocenters. The van der Waals surface area contributed by atoms with Gasteiger partial charge in [0.05, 0.1) is 11.8 Å². The van der Waals surface area contributed by atoms with E-state index >= 15 is 0 Å². The summed E-state index contributed by atoms with van der Waals surface area (Å²) in [6, 6.07) is 1.97. The molecule has 1 aromatic rings. The molecule has 1 aromatic heterocycles. The van der Waals surface area contributed by atoms with Crippen LogP contribution in [0.25, 0.3) is 0 Å². The Morgan fingerprint density at radius 1 is 1.53 bits per heavy atom. The van der Waals surface area contributed by atoms with Gasteiger partial charge in [0.1, 0.15) is 0 Å². The van der Waals surface area contributed by atoms with Gasteiger partial charge in [0.2, 0.25) is 5.91 Å². The van der Waals surface area contributed by atoms with Crippen molar-refractivity contribution in [3.05, 3.63) is 22.4 Å². The molecule has 4 heteroatoms. The van der Waals surface area contributed by atoms with Gasteiger partial charge in [-0.3, -0.25) is 4.79 Å². The average Bonchev–Trinajstić information content (AvgIpc) is 2.64. The summed E-state index contributed by atoms with van der Waals surface area (Å²) >= 11 is 7.79. The molecule has 96 valence electrons. The molecule has 1 N–H and O–H groups in total. The Balaban J connectivity index is 2.24. The second kappa shape index (κ2) is 6.41. The predicted octanol–water partition coefficient (Wildman–Crippen LogP) is 3.45. The van der Waals surface area contributed by atoms with E-state index in [0.29, 0.717) is 13.0 Å². The van der Waals surface area contributed by atoms with Crippen LogP contribution in [0.4, 0.5) is 0 Å². The first-order valence-corrected chi connectivity index (χ1v) is 7.16. The van der Waals surface area contributed by atoms with Crippen LogP contribution in [0.5, 0.6) is 0 Å². The quantitative estimate of drug-likeness (QED) is 0.818. The number of rotatable bonds is 5.